The molecule has 0 aliphatic heterocycles. The van der Waals surface area contributed by atoms with E-state index in [1.165, 1.54) is 25.0 Å². The van der Waals surface area contributed by atoms with Gasteiger partial charge in [-0.2, -0.15) is 0 Å². The molecule has 2 aromatic carbocycles. The summed E-state index contributed by atoms with van der Waals surface area (Å²) in [6.07, 6.45) is 4.70. The van der Waals surface area contributed by atoms with E-state index in [4.69, 9.17) is 9.15 Å². The van der Waals surface area contributed by atoms with Crippen LogP contribution in [-0.4, -0.2) is 24.7 Å². The van der Waals surface area contributed by atoms with Crippen molar-refractivity contribution in [1.82, 2.24) is 14.9 Å². The minimum atomic E-state index is -3.69. The van der Waals surface area contributed by atoms with E-state index in [1.807, 2.05) is 30.3 Å². The molecule has 1 heterocycles. The van der Waals surface area contributed by atoms with Crippen LogP contribution in [0.5, 0.6) is 5.75 Å². The van der Waals surface area contributed by atoms with Gasteiger partial charge in [0.05, 0.1) is 17.5 Å². The van der Waals surface area contributed by atoms with E-state index in [9.17, 15) is 8.42 Å². The quantitative estimate of drug-likeness (QED) is 0.653. The molecule has 8 heteroatoms. The van der Waals surface area contributed by atoms with Gasteiger partial charge in [-0.3, -0.25) is 0 Å². The van der Waals surface area contributed by atoms with Crippen LogP contribution >= 0.6 is 0 Å². The van der Waals surface area contributed by atoms with Crippen LogP contribution < -0.4 is 9.46 Å². The molecule has 1 saturated carbocycles. The molecule has 3 aromatic rings. The van der Waals surface area contributed by atoms with E-state index in [-0.39, 0.29) is 23.4 Å². The van der Waals surface area contributed by atoms with Crippen molar-refractivity contribution in [3.63, 3.8) is 0 Å². The van der Waals surface area contributed by atoms with Crippen LogP contribution in [0, 0.1) is 0 Å². The standard InChI is InChI=1S/C20H21N3O4S/c24-28(25,18-12-10-17(11-13-18)26-16-8-4-5-9-16)21-14-19-22-23-20(27-19)15-6-2-1-3-7-15/h1-3,6-7,10-13,16,21H,4-5,8-9,14H2. The van der Waals surface area contributed by atoms with Crippen molar-refractivity contribution in [3.05, 3.63) is 60.5 Å². The van der Waals surface area contributed by atoms with E-state index < -0.39 is 10.0 Å². The van der Waals surface area contributed by atoms with Crippen LogP contribution in [0.15, 0.2) is 63.9 Å². The fraction of sp³-hybridized carbons (Fsp3) is 0.300. The van der Waals surface area contributed by atoms with Gasteiger partial charge in [-0.25, -0.2) is 13.1 Å². The van der Waals surface area contributed by atoms with Gasteiger partial charge in [-0.1, -0.05) is 18.2 Å². The molecule has 0 amide bonds. The first kappa shape index (κ1) is 18.6. The third kappa shape index (κ3) is 4.40. The van der Waals surface area contributed by atoms with Crippen LogP contribution in [0.25, 0.3) is 11.5 Å². The average molecular weight is 399 g/mol. The summed E-state index contributed by atoms with van der Waals surface area (Å²) >= 11 is 0. The molecule has 1 aliphatic rings. The Morgan fingerprint density at radius 1 is 1.00 bits per heavy atom. The smallest absolute Gasteiger partial charge is 0.247 e. The zero-order chi connectivity index (χ0) is 19.4. The summed E-state index contributed by atoms with van der Waals surface area (Å²) < 4.78 is 38.9. The monoisotopic (exact) mass is 399 g/mol. The summed E-state index contributed by atoms with van der Waals surface area (Å²) in [4.78, 5) is 0.161. The van der Waals surface area contributed by atoms with E-state index in [0.29, 0.717) is 11.6 Å². The number of sulfonamides is 1. The Morgan fingerprint density at radius 2 is 1.71 bits per heavy atom. The zero-order valence-electron chi connectivity index (χ0n) is 15.2. The molecule has 4 rings (SSSR count). The Morgan fingerprint density at radius 3 is 2.43 bits per heavy atom. The number of ether oxygens (including phenoxy) is 1. The van der Waals surface area contributed by atoms with Crippen molar-refractivity contribution in [2.24, 2.45) is 0 Å². The summed E-state index contributed by atoms with van der Waals surface area (Å²) in [5.74, 6) is 1.24. The van der Waals surface area contributed by atoms with Crippen molar-refractivity contribution in [1.29, 1.82) is 0 Å². The third-order valence-electron chi connectivity index (χ3n) is 4.64. The lowest BCUT2D eigenvalue weighted by molar-refractivity contribution is 0.210. The van der Waals surface area contributed by atoms with Crippen LogP contribution in [0.4, 0.5) is 0 Å². The molecule has 0 unspecified atom stereocenters. The molecule has 28 heavy (non-hydrogen) atoms. The summed E-state index contributed by atoms with van der Waals surface area (Å²) in [6, 6.07) is 15.8. The van der Waals surface area contributed by atoms with Crippen molar-refractivity contribution in [2.75, 3.05) is 0 Å². The fourth-order valence-corrected chi connectivity index (χ4v) is 4.13. The Kier molecular flexibility index (Phi) is 5.40. The zero-order valence-corrected chi connectivity index (χ0v) is 16.1. The van der Waals surface area contributed by atoms with Gasteiger partial charge >= 0.3 is 0 Å². The highest BCUT2D eigenvalue weighted by Gasteiger charge is 2.19. The van der Waals surface area contributed by atoms with Gasteiger partial charge in [0.2, 0.25) is 21.8 Å². The van der Waals surface area contributed by atoms with Gasteiger partial charge in [0.1, 0.15) is 5.75 Å². The van der Waals surface area contributed by atoms with Crippen LogP contribution in [0.1, 0.15) is 31.6 Å². The first-order valence-electron chi connectivity index (χ1n) is 9.24. The highest BCUT2D eigenvalue weighted by Crippen LogP contribution is 2.25. The molecule has 1 N–H and O–H groups in total. The average Bonchev–Trinajstić information content (AvgIpc) is 3.40. The SMILES string of the molecule is O=S(=O)(NCc1nnc(-c2ccccc2)o1)c1ccc(OC2CCCC2)cc1. The van der Waals surface area contributed by atoms with Crippen LogP contribution in [0.3, 0.4) is 0 Å². The van der Waals surface area contributed by atoms with Crippen molar-refractivity contribution in [3.8, 4) is 17.2 Å². The minimum absolute atomic E-state index is 0.0809. The predicted molar refractivity (Wildman–Crippen MR) is 103 cm³/mol. The summed E-state index contributed by atoms with van der Waals surface area (Å²) in [5.41, 5.74) is 0.780. The number of benzene rings is 2. The molecular formula is C20H21N3O4S. The van der Waals surface area contributed by atoms with Crippen LogP contribution in [-0.2, 0) is 16.6 Å². The number of nitrogens with one attached hydrogen (secondary N) is 1. The first-order valence-corrected chi connectivity index (χ1v) is 10.7. The lowest BCUT2D eigenvalue weighted by Crippen LogP contribution is -2.23. The van der Waals surface area contributed by atoms with Gasteiger partial charge < -0.3 is 9.15 Å². The van der Waals surface area contributed by atoms with Gasteiger partial charge in [0.25, 0.3) is 0 Å². The third-order valence-corrected chi connectivity index (χ3v) is 6.06. The second-order valence-electron chi connectivity index (χ2n) is 6.69. The van der Waals surface area contributed by atoms with E-state index >= 15 is 0 Å². The van der Waals surface area contributed by atoms with Gasteiger partial charge in [-0.05, 0) is 62.1 Å². The molecular weight excluding hydrogens is 378 g/mol. The first-order chi connectivity index (χ1) is 13.6. The van der Waals surface area contributed by atoms with E-state index in [0.717, 1.165) is 18.4 Å². The van der Waals surface area contributed by atoms with Crippen molar-refractivity contribution < 1.29 is 17.6 Å². The van der Waals surface area contributed by atoms with Crippen molar-refractivity contribution >= 4 is 10.0 Å². The molecule has 1 aromatic heterocycles. The van der Waals surface area contributed by atoms with Gasteiger partial charge in [0, 0.05) is 5.56 Å². The molecule has 1 aliphatic carbocycles. The largest absolute Gasteiger partial charge is 0.490 e. The van der Waals surface area contributed by atoms with Gasteiger partial charge in [-0.15, -0.1) is 10.2 Å². The number of nitrogens with zero attached hydrogens (tertiary/aromatic N) is 2. The Balaban J connectivity index is 1.38. The molecule has 0 spiro atoms. The molecule has 146 valence electrons. The topological polar surface area (TPSA) is 94.3 Å². The predicted octanol–water partition coefficient (Wildman–Crippen LogP) is 3.54. The lowest BCUT2D eigenvalue weighted by atomic mass is 10.2. The molecule has 1 fully saturated rings. The molecule has 0 bridgehead atoms. The lowest BCUT2D eigenvalue weighted by Gasteiger charge is -2.13. The molecule has 0 radical (unpaired) electrons. The number of hydrogen-bond donors (Lipinski definition) is 1. The second-order valence-corrected chi connectivity index (χ2v) is 8.45. The molecule has 0 atom stereocenters. The normalized spacial score (nSPS) is 15.0. The Bertz CT molecular complexity index is 1010. The number of aromatic nitrogens is 2. The maximum Gasteiger partial charge on any atom is 0.247 e. The summed E-state index contributed by atoms with van der Waals surface area (Å²) in [5, 5.41) is 7.85. The Hall–Kier alpha value is -2.71. The highest BCUT2D eigenvalue weighted by atomic mass is 32.2. The summed E-state index contributed by atoms with van der Waals surface area (Å²) in [7, 11) is -3.69. The van der Waals surface area contributed by atoms with E-state index in [1.54, 1.807) is 12.1 Å². The fourth-order valence-electron chi connectivity index (χ4n) is 3.16. The minimum Gasteiger partial charge on any atom is -0.490 e. The second kappa shape index (κ2) is 8.12. The highest BCUT2D eigenvalue weighted by molar-refractivity contribution is 7.89. The molecule has 7 nitrogen and oxygen atoms in total. The maximum absolute atomic E-state index is 12.5. The summed E-state index contributed by atoms with van der Waals surface area (Å²) in [6.45, 7) is -0.0809. The number of rotatable bonds is 7. The van der Waals surface area contributed by atoms with E-state index in [2.05, 4.69) is 14.9 Å². The van der Waals surface area contributed by atoms with Crippen LogP contribution in [0.2, 0.25) is 0 Å². The number of hydrogen-bond acceptors (Lipinski definition) is 6. The van der Waals surface area contributed by atoms with Gasteiger partial charge in [0.15, 0.2) is 0 Å². The Labute approximate surface area is 163 Å². The maximum atomic E-state index is 12.5. The molecule has 0 saturated heterocycles. The van der Waals surface area contributed by atoms with Crippen molar-refractivity contribution in [2.45, 2.75) is 43.2 Å².